The third-order valence-corrected chi connectivity index (χ3v) is 7.90. The number of hydrogen-bond donors (Lipinski definition) is 3. The lowest BCUT2D eigenvalue weighted by Gasteiger charge is -2.25. The number of carbonyl (C=O) groups is 1. The van der Waals surface area contributed by atoms with E-state index in [4.69, 9.17) is 14.6 Å². The zero-order valence-corrected chi connectivity index (χ0v) is 19.6. The van der Waals surface area contributed by atoms with E-state index < -0.39 is 15.9 Å². The number of aromatic nitrogens is 2. The Morgan fingerprint density at radius 2 is 2.03 bits per heavy atom. The molecule has 178 valence electrons. The Balaban J connectivity index is 1.36. The Kier molecular flexibility index (Phi) is 6.12. The molecule has 4 N–H and O–H groups in total. The summed E-state index contributed by atoms with van der Waals surface area (Å²) in [6, 6.07) is 1.63. The van der Waals surface area contributed by atoms with Crippen LogP contribution in [-0.4, -0.2) is 52.9 Å². The van der Waals surface area contributed by atoms with E-state index in [1.807, 2.05) is 0 Å². The van der Waals surface area contributed by atoms with Gasteiger partial charge in [0.05, 0.1) is 25.4 Å². The Morgan fingerprint density at radius 3 is 2.73 bits per heavy atom. The van der Waals surface area contributed by atoms with Crippen LogP contribution in [0.2, 0.25) is 0 Å². The predicted octanol–water partition coefficient (Wildman–Crippen LogP) is 1.79. The van der Waals surface area contributed by atoms with Crippen molar-refractivity contribution >= 4 is 21.6 Å². The SMILES string of the molecule is COCCN[C@@H]1COc2c(S(N)(=O)=NC(=O)Nc3c4c(cc5c3CCC5)CCC4)cnn2C1. The number of rotatable bonds is 6. The molecule has 0 spiro atoms. The van der Waals surface area contributed by atoms with E-state index in [1.165, 1.54) is 28.5 Å². The number of anilines is 1. The van der Waals surface area contributed by atoms with E-state index in [9.17, 15) is 9.00 Å². The molecule has 0 radical (unpaired) electrons. The fraction of sp³-hybridized carbons (Fsp3) is 0.545. The molecule has 2 aliphatic carbocycles. The Bertz CT molecular complexity index is 1170. The number of nitrogens with two attached hydrogens (primary N) is 1. The number of amides is 2. The number of fused-ring (bicyclic) bond motifs is 3. The van der Waals surface area contributed by atoms with E-state index >= 15 is 0 Å². The second-order valence-electron chi connectivity index (χ2n) is 8.78. The van der Waals surface area contributed by atoms with Gasteiger partial charge in [-0.3, -0.25) is 0 Å². The molecule has 2 aromatic rings. The number of hydrogen-bond acceptors (Lipinski definition) is 6. The minimum atomic E-state index is -3.53. The van der Waals surface area contributed by atoms with Crippen molar-refractivity contribution in [3.63, 3.8) is 0 Å². The predicted molar refractivity (Wildman–Crippen MR) is 124 cm³/mol. The number of carbonyl (C=O) groups excluding carboxylic acids is 1. The van der Waals surface area contributed by atoms with Crippen molar-refractivity contribution in [1.29, 1.82) is 0 Å². The lowest BCUT2D eigenvalue weighted by atomic mass is 9.99. The first-order valence-electron chi connectivity index (χ1n) is 11.4. The van der Waals surface area contributed by atoms with Gasteiger partial charge in [0.25, 0.3) is 0 Å². The summed E-state index contributed by atoms with van der Waals surface area (Å²) in [6.07, 6.45) is 7.44. The smallest absolute Gasteiger partial charge is 0.354 e. The van der Waals surface area contributed by atoms with Crippen molar-refractivity contribution in [2.75, 3.05) is 32.2 Å². The molecule has 1 aliphatic heterocycles. The molecular formula is C22H30N6O4S. The molecule has 33 heavy (non-hydrogen) atoms. The maximum absolute atomic E-state index is 13.3. The zero-order chi connectivity index (χ0) is 23.0. The maximum Gasteiger partial charge on any atom is 0.354 e. The standard InChI is InChI=1S/C22H30N6O4S/c1-31-9-8-24-16-12-28-21(32-13-16)19(11-25-28)33(23,30)27-22(29)26-20-17-6-2-4-14(17)10-15-5-3-7-18(15)20/h10-11,16,24H,2-9,12-13H2,1H3,(H3,23,26,27,29,30)/t16-,33?/m0/s1. The number of benzene rings is 1. The molecule has 1 aromatic carbocycles. The molecule has 0 fully saturated rings. The summed E-state index contributed by atoms with van der Waals surface area (Å²) in [6.45, 7) is 2.17. The lowest BCUT2D eigenvalue weighted by molar-refractivity contribution is 0.158. The van der Waals surface area contributed by atoms with Gasteiger partial charge in [0.15, 0.2) is 9.92 Å². The highest BCUT2D eigenvalue weighted by molar-refractivity contribution is 7.91. The molecular weight excluding hydrogens is 444 g/mol. The molecule has 0 bridgehead atoms. The molecule has 0 saturated heterocycles. The lowest BCUT2D eigenvalue weighted by Crippen LogP contribution is -2.43. The van der Waals surface area contributed by atoms with Gasteiger partial charge in [0.2, 0.25) is 5.88 Å². The Labute approximate surface area is 193 Å². The van der Waals surface area contributed by atoms with Crippen LogP contribution in [-0.2, 0) is 46.9 Å². The number of urea groups is 1. The molecule has 0 saturated carbocycles. The van der Waals surface area contributed by atoms with Gasteiger partial charge in [-0.15, -0.1) is 4.36 Å². The van der Waals surface area contributed by atoms with E-state index in [-0.39, 0.29) is 10.9 Å². The third-order valence-electron chi connectivity index (χ3n) is 6.55. The van der Waals surface area contributed by atoms with Crippen LogP contribution < -0.4 is 20.5 Å². The van der Waals surface area contributed by atoms with Gasteiger partial charge in [-0.1, -0.05) is 6.07 Å². The van der Waals surface area contributed by atoms with Crippen molar-refractivity contribution in [1.82, 2.24) is 15.1 Å². The summed E-state index contributed by atoms with van der Waals surface area (Å²) >= 11 is 0. The average Bonchev–Trinajstić information content (AvgIpc) is 3.52. The highest BCUT2D eigenvalue weighted by Crippen LogP contribution is 2.38. The summed E-state index contributed by atoms with van der Waals surface area (Å²) in [7, 11) is -1.88. The Hall–Kier alpha value is -2.47. The van der Waals surface area contributed by atoms with Crippen LogP contribution in [0.15, 0.2) is 21.5 Å². The highest BCUT2D eigenvalue weighted by atomic mass is 32.2. The summed E-state index contributed by atoms with van der Waals surface area (Å²) in [5.41, 5.74) is 5.81. The van der Waals surface area contributed by atoms with Crippen molar-refractivity contribution in [2.45, 2.75) is 56.0 Å². The average molecular weight is 475 g/mol. The quantitative estimate of drug-likeness (QED) is 0.547. The van der Waals surface area contributed by atoms with Gasteiger partial charge in [-0.25, -0.2) is 18.8 Å². The number of ether oxygens (including phenoxy) is 2. The van der Waals surface area contributed by atoms with E-state index in [1.54, 1.807) is 11.8 Å². The molecule has 2 heterocycles. The molecule has 10 nitrogen and oxygen atoms in total. The first kappa shape index (κ1) is 22.3. The van der Waals surface area contributed by atoms with Crippen molar-refractivity contribution in [2.24, 2.45) is 9.50 Å². The minimum absolute atomic E-state index is 0.0386. The van der Waals surface area contributed by atoms with Crippen LogP contribution in [0.1, 0.15) is 35.1 Å². The second-order valence-corrected chi connectivity index (χ2v) is 10.5. The highest BCUT2D eigenvalue weighted by Gasteiger charge is 2.29. The molecule has 2 atom stereocenters. The zero-order valence-electron chi connectivity index (χ0n) is 18.8. The van der Waals surface area contributed by atoms with Crippen LogP contribution in [0.5, 0.6) is 5.88 Å². The summed E-state index contributed by atoms with van der Waals surface area (Å²) in [5, 5.41) is 16.5. The largest absolute Gasteiger partial charge is 0.475 e. The second kappa shape index (κ2) is 9.05. The van der Waals surface area contributed by atoms with Crippen molar-refractivity contribution in [3.8, 4) is 5.88 Å². The van der Waals surface area contributed by atoms with Crippen molar-refractivity contribution in [3.05, 3.63) is 34.5 Å². The van der Waals surface area contributed by atoms with Crippen LogP contribution >= 0.6 is 0 Å². The third kappa shape index (κ3) is 4.37. The Morgan fingerprint density at radius 1 is 1.30 bits per heavy atom. The molecule has 1 unspecified atom stereocenters. The van der Waals surface area contributed by atoms with Crippen LogP contribution in [0.4, 0.5) is 10.5 Å². The minimum Gasteiger partial charge on any atom is -0.475 e. The van der Waals surface area contributed by atoms with Gasteiger partial charge in [0, 0.05) is 19.3 Å². The monoisotopic (exact) mass is 474 g/mol. The molecule has 5 rings (SSSR count). The van der Waals surface area contributed by atoms with E-state index in [0.29, 0.717) is 32.2 Å². The molecule has 11 heteroatoms. The number of aryl methyl sites for hydroxylation is 2. The molecule has 1 aromatic heterocycles. The van der Waals surface area contributed by atoms with Crippen LogP contribution in [0, 0.1) is 0 Å². The van der Waals surface area contributed by atoms with Crippen molar-refractivity contribution < 1.29 is 18.5 Å². The van der Waals surface area contributed by atoms with Gasteiger partial charge in [-0.2, -0.15) is 5.10 Å². The van der Waals surface area contributed by atoms with E-state index in [0.717, 1.165) is 44.2 Å². The fourth-order valence-corrected chi connectivity index (χ4v) is 6.04. The molecule has 3 aliphatic rings. The summed E-state index contributed by atoms with van der Waals surface area (Å²) < 4.78 is 29.6. The summed E-state index contributed by atoms with van der Waals surface area (Å²) in [5.74, 6) is 0.297. The van der Waals surface area contributed by atoms with Crippen LogP contribution in [0.25, 0.3) is 0 Å². The fourth-order valence-electron chi connectivity index (χ4n) is 5.03. The number of nitrogens with zero attached hydrogens (tertiary/aromatic N) is 3. The van der Waals surface area contributed by atoms with E-state index in [2.05, 4.69) is 26.2 Å². The molecule has 2 amide bonds. The first-order valence-corrected chi connectivity index (χ1v) is 13.0. The van der Waals surface area contributed by atoms with Gasteiger partial charge in [0.1, 0.15) is 11.5 Å². The van der Waals surface area contributed by atoms with Gasteiger partial charge < -0.3 is 20.1 Å². The number of methoxy groups -OCH3 is 1. The van der Waals surface area contributed by atoms with Gasteiger partial charge >= 0.3 is 6.03 Å². The normalized spacial score (nSPS) is 20.4. The van der Waals surface area contributed by atoms with Gasteiger partial charge in [-0.05, 0) is 60.8 Å². The number of nitrogens with one attached hydrogen (secondary N) is 2. The maximum atomic E-state index is 13.3. The topological polar surface area (TPSA) is 133 Å². The summed E-state index contributed by atoms with van der Waals surface area (Å²) in [4.78, 5) is 13.0. The first-order chi connectivity index (χ1) is 16.0. The van der Waals surface area contributed by atoms with Crippen LogP contribution in [0.3, 0.4) is 0 Å².